The molecule has 3 aromatic rings. The van der Waals surface area contributed by atoms with E-state index in [-0.39, 0.29) is 6.03 Å². The number of rotatable bonds is 11. The van der Waals surface area contributed by atoms with E-state index < -0.39 is 0 Å². The van der Waals surface area contributed by atoms with Gasteiger partial charge in [0.1, 0.15) is 25.4 Å². The van der Waals surface area contributed by atoms with Crippen molar-refractivity contribution >= 4 is 28.4 Å². The summed E-state index contributed by atoms with van der Waals surface area (Å²) in [5.41, 5.74) is 2.94. The lowest BCUT2D eigenvalue weighted by Gasteiger charge is -2.35. The standard InChI is InChI=1S/C28H35N5O5/c1-35-13-15-37-25-17-23-24(18-26(25)38-16-14-36-2)29-19-30-27(23)32-9-11-33(12-10-32)28(34)31-22-7-5-21(6-8-22)20-3-4-20/h5-8,17-20H,3-4,9-16H2,1-2H3,(H,31,34). The Labute approximate surface area is 222 Å². The number of carbonyl (C=O) groups is 1. The van der Waals surface area contributed by atoms with E-state index in [1.54, 1.807) is 20.5 Å². The normalized spacial score (nSPS) is 15.5. The van der Waals surface area contributed by atoms with Gasteiger partial charge < -0.3 is 34.1 Å². The van der Waals surface area contributed by atoms with E-state index in [4.69, 9.17) is 18.9 Å². The van der Waals surface area contributed by atoms with Crippen LogP contribution in [0.1, 0.15) is 24.3 Å². The predicted octanol–water partition coefficient (Wildman–Crippen LogP) is 3.91. The molecular formula is C28H35N5O5. The number of amides is 2. The number of fused-ring (bicyclic) bond motifs is 1. The number of aromatic nitrogens is 2. The van der Waals surface area contributed by atoms with E-state index in [2.05, 4.69) is 32.3 Å². The third-order valence-electron chi connectivity index (χ3n) is 6.85. The summed E-state index contributed by atoms with van der Waals surface area (Å²) in [4.78, 5) is 26.0. The predicted molar refractivity (Wildman–Crippen MR) is 146 cm³/mol. The number of methoxy groups -OCH3 is 2. The number of ether oxygens (including phenoxy) is 4. The van der Waals surface area contributed by atoms with Crippen molar-refractivity contribution in [1.29, 1.82) is 0 Å². The number of carbonyl (C=O) groups excluding carboxylic acids is 1. The second kappa shape index (κ2) is 12.3. The summed E-state index contributed by atoms with van der Waals surface area (Å²) in [5.74, 6) is 2.72. The summed E-state index contributed by atoms with van der Waals surface area (Å²) in [6.07, 6.45) is 4.10. The minimum absolute atomic E-state index is 0.0805. The lowest BCUT2D eigenvalue weighted by atomic mass is 10.1. The Kier molecular flexibility index (Phi) is 8.40. The fraction of sp³-hybridized carbons (Fsp3) is 0.464. The molecule has 2 fully saturated rings. The number of hydrogen-bond acceptors (Lipinski definition) is 8. The van der Waals surface area contributed by atoms with Gasteiger partial charge in [-0.2, -0.15) is 0 Å². The van der Waals surface area contributed by atoms with Gasteiger partial charge in [0.2, 0.25) is 0 Å². The van der Waals surface area contributed by atoms with Gasteiger partial charge in [0, 0.05) is 57.5 Å². The first-order valence-corrected chi connectivity index (χ1v) is 13.1. The maximum atomic E-state index is 12.9. The second-order valence-corrected chi connectivity index (χ2v) is 9.50. The van der Waals surface area contributed by atoms with Crippen molar-refractivity contribution in [3.05, 3.63) is 48.3 Å². The van der Waals surface area contributed by atoms with Crippen LogP contribution < -0.4 is 19.7 Å². The van der Waals surface area contributed by atoms with Crippen molar-refractivity contribution in [3.63, 3.8) is 0 Å². The Bertz CT molecular complexity index is 1230. The van der Waals surface area contributed by atoms with Crippen LogP contribution in [0.15, 0.2) is 42.7 Å². The first-order valence-electron chi connectivity index (χ1n) is 13.1. The molecule has 2 heterocycles. The molecule has 0 bridgehead atoms. The van der Waals surface area contributed by atoms with E-state index in [1.807, 2.05) is 29.2 Å². The molecule has 2 aromatic carbocycles. The Morgan fingerprint density at radius 1 is 0.895 bits per heavy atom. The van der Waals surface area contributed by atoms with Crippen LogP contribution in [0.4, 0.5) is 16.3 Å². The van der Waals surface area contributed by atoms with Crippen molar-refractivity contribution in [2.75, 3.05) is 77.0 Å². The van der Waals surface area contributed by atoms with E-state index in [9.17, 15) is 4.79 Å². The quantitative estimate of drug-likeness (QED) is 0.379. The van der Waals surface area contributed by atoms with Gasteiger partial charge in [0.15, 0.2) is 11.5 Å². The summed E-state index contributed by atoms with van der Waals surface area (Å²) in [7, 11) is 3.27. The molecule has 5 rings (SSSR count). The summed E-state index contributed by atoms with van der Waals surface area (Å²) >= 11 is 0. The monoisotopic (exact) mass is 521 g/mol. The van der Waals surface area contributed by atoms with E-state index in [0.717, 1.165) is 22.4 Å². The summed E-state index contributed by atoms with van der Waals surface area (Å²) in [5, 5.41) is 3.90. The Morgan fingerprint density at radius 3 is 2.18 bits per heavy atom. The second-order valence-electron chi connectivity index (χ2n) is 9.50. The highest BCUT2D eigenvalue weighted by atomic mass is 16.5. The van der Waals surface area contributed by atoms with Crippen molar-refractivity contribution in [3.8, 4) is 11.5 Å². The Morgan fingerprint density at radius 2 is 1.55 bits per heavy atom. The summed E-state index contributed by atoms with van der Waals surface area (Å²) < 4.78 is 22.1. The van der Waals surface area contributed by atoms with Crippen LogP contribution in [0.2, 0.25) is 0 Å². The number of nitrogens with zero attached hydrogens (tertiary/aromatic N) is 4. The van der Waals surface area contributed by atoms with E-state index in [1.165, 1.54) is 18.4 Å². The SMILES string of the molecule is COCCOc1cc2ncnc(N3CCN(C(=O)Nc4ccc(C5CC5)cc4)CC3)c2cc1OCCOC. The Hall–Kier alpha value is -3.63. The number of nitrogens with one attached hydrogen (secondary N) is 1. The zero-order chi connectivity index (χ0) is 26.3. The smallest absolute Gasteiger partial charge is 0.321 e. The highest BCUT2D eigenvalue weighted by Gasteiger charge is 2.25. The maximum absolute atomic E-state index is 12.9. The third kappa shape index (κ3) is 6.25. The molecule has 10 heteroatoms. The largest absolute Gasteiger partial charge is 0.487 e. The van der Waals surface area contributed by atoms with Gasteiger partial charge in [0.05, 0.1) is 18.7 Å². The molecule has 0 unspecified atom stereocenters. The summed E-state index contributed by atoms with van der Waals surface area (Å²) in [6, 6.07) is 11.9. The first kappa shape index (κ1) is 26.0. The average Bonchev–Trinajstić information content (AvgIpc) is 3.79. The molecule has 1 aliphatic carbocycles. The van der Waals surface area contributed by atoms with Crippen LogP contribution in [0.5, 0.6) is 11.5 Å². The molecule has 1 saturated heterocycles. The number of anilines is 2. The highest BCUT2D eigenvalue weighted by molar-refractivity contribution is 5.92. The molecule has 0 spiro atoms. The van der Waals surface area contributed by atoms with Crippen LogP contribution in [-0.2, 0) is 9.47 Å². The molecule has 1 saturated carbocycles. The van der Waals surface area contributed by atoms with Gasteiger partial charge in [-0.05, 0) is 42.5 Å². The number of urea groups is 1. The maximum Gasteiger partial charge on any atom is 0.321 e. The van der Waals surface area contributed by atoms with Gasteiger partial charge in [0.25, 0.3) is 0 Å². The molecule has 2 aliphatic rings. The van der Waals surface area contributed by atoms with Crippen LogP contribution in [0.3, 0.4) is 0 Å². The minimum atomic E-state index is -0.0805. The van der Waals surface area contributed by atoms with Crippen molar-refractivity contribution in [2.45, 2.75) is 18.8 Å². The van der Waals surface area contributed by atoms with E-state index >= 15 is 0 Å². The van der Waals surface area contributed by atoms with Crippen molar-refractivity contribution < 1.29 is 23.7 Å². The minimum Gasteiger partial charge on any atom is -0.487 e. The topological polar surface area (TPSA) is 98.3 Å². The fourth-order valence-electron chi connectivity index (χ4n) is 4.58. The molecular weight excluding hydrogens is 486 g/mol. The summed E-state index contributed by atoms with van der Waals surface area (Å²) in [6.45, 7) is 4.21. The average molecular weight is 522 g/mol. The van der Waals surface area contributed by atoms with Crippen LogP contribution >= 0.6 is 0 Å². The zero-order valence-corrected chi connectivity index (χ0v) is 22.0. The van der Waals surface area contributed by atoms with Gasteiger partial charge in [-0.15, -0.1) is 0 Å². The third-order valence-corrected chi connectivity index (χ3v) is 6.85. The lowest BCUT2D eigenvalue weighted by molar-refractivity contribution is 0.132. The van der Waals surface area contributed by atoms with Crippen LogP contribution in [0, 0.1) is 0 Å². The van der Waals surface area contributed by atoms with Gasteiger partial charge in [-0.3, -0.25) is 0 Å². The zero-order valence-electron chi connectivity index (χ0n) is 22.0. The molecule has 0 atom stereocenters. The molecule has 202 valence electrons. The highest BCUT2D eigenvalue weighted by Crippen LogP contribution is 2.40. The lowest BCUT2D eigenvalue weighted by Crippen LogP contribution is -2.50. The Balaban J connectivity index is 1.26. The molecule has 0 radical (unpaired) electrons. The van der Waals surface area contributed by atoms with Crippen LogP contribution in [0.25, 0.3) is 10.9 Å². The number of hydrogen-bond donors (Lipinski definition) is 1. The number of benzene rings is 2. The van der Waals surface area contributed by atoms with Crippen LogP contribution in [-0.4, -0.2) is 87.7 Å². The van der Waals surface area contributed by atoms with E-state index in [0.29, 0.717) is 70.0 Å². The van der Waals surface area contributed by atoms with Crippen molar-refractivity contribution in [1.82, 2.24) is 14.9 Å². The van der Waals surface area contributed by atoms with Crippen molar-refractivity contribution in [2.24, 2.45) is 0 Å². The number of piperazine rings is 1. The molecule has 1 aliphatic heterocycles. The van der Waals surface area contributed by atoms with Gasteiger partial charge >= 0.3 is 6.03 Å². The molecule has 1 aromatic heterocycles. The molecule has 1 N–H and O–H groups in total. The van der Waals surface area contributed by atoms with Gasteiger partial charge in [-0.25, -0.2) is 14.8 Å². The molecule has 38 heavy (non-hydrogen) atoms. The molecule has 2 amide bonds. The molecule has 10 nitrogen and oxygen atoms in total. The van der Waals surface area contributed by atoms with Gasteiger partial charge in [-0.1, -0.05) is 12.1 Å². The first-order chi connectivity index (χ1) is 18.7. The fourth-order valence-corrected chi connectivity index (χ4v) is 4.58.